The highest BCUT2D eigenvalue weighted by Gasteiger charge is 2.23. The molecule has 1 atom stereocenters. The van der Waals surface area contributed by atoms with Crippen molar-refractivity contribution in [1.82, 2.24) is 23.9 Å². The fourth-order valence-electron chi connectivity index (χ4n) is 2.48. The van der Waals surface area contributed by atoms with Gasteiger partial charge in [0.1, 0.15) is 11.3 Å². The first-order chi connectivity index (χ1) is 11.6. The molecule has 140 valence electrons. The maximum atomic E-state index is 10.9. The van der Waals surface area contributed by atoms with E-state index < -0.39 is 16.1 Å². The number of β-amino-alcohol motifs (C(OH)–C–C–N with tert-alkyl or cyclic N) is 1. The summed E-state index contributed by atoms with van der Waals surface area (Å²) in [4.78, 5) is 8.06. The number of hydrogen-bond acceptors (Lipinski definition) is 7. The van der Waals surface area contributed by atoms with Crippen LogP contribution in [0.4, 0.5) is 5.95 Å². The Kier molecular flexibility index (Phi) is 6.20. The largest absolute Gasteiger partial charge is 0.392 e. The Morgan fingerprint density at radius 2 is 2.12 bits per heavy atom. The Morgan fingerprint density at radius 1 is 1.44 bits per heavy atom. The predicted octanol–water partition coefficient (Wildman–Crippen LogP) is 0.886. The lowest BCUT2D eigenvalue weighted by Gasteiger charge is -2.27. The first-order valence-corrected chi connectivity index (χ1v) is 10.1. The van der Waals surface area contributed by atoms with E-state index in [9.17, 15) is 8.42 Å². The van der Waals surface area contributed by atoms with Gasteiger partial charge in [-0.05, 0) is 12.8 Å². The van der Waals surface area contributed by atoms with Crippen molar-refractivity contribution in [2.75, 3.05) is 25.1 Å². The summed E-state index contributed by atoms with van der Waals surface area (Å²) in [6.07, 6.45) is 3.74. The van der Waals surface area contributed by atoms with Gasteiger partial charge in [-0.2, -0.15) is 4.31 Å². The van der Waals surface area contributed by atoms with Crippen LogP contribution in [0.3, 0.4) is 0 Å². The molecule has 1 fully saturated rings. The van der Waals surface area contributed by atoms with Gasteiger partial charge in [0.25, 0.3) is 0 Å². The molecule has 2 aromatic rings. The number of sulfonamides is 1. The van der Waals surface area contributed by atoms with E-state index >= 15 is 0 Å². The molecule has 1 saturated heterocycles. The van der Waals surface area contributed by atoms with Crippen LogP contribution in [0.2, 0.25) is 5.15 Å². The molecule has 0 amide bonds. The van der Waals surface area contributed by atoms with Gasteiger partial charge in [0.05, 0.1) is 18.6 Å². The molecule has 0 saturated carbocycles. The summed E-state index contributed by atoms with van der Waals surface area (Å²) >= 11 is 5.92. The van der Waals surface area contributed by atoms with Crippen molar-refractivity contribution < 1.29 is 13.5 Å². The van der Waals surface area contributed by atoms with E-state index in [-0.39, 0.29) is 18.4 Å². The molecule has 1 aliphatic heterocycles. The molecule has 0 spiro atoms. The summed E-state index contributed by atoms with van der Waals surface area (Å²) in [6, 6.07) is 0. The van der Waals surface area contributed by atoms with E-state index in [0.29, 0.717) is 23.6 Å². The van der Waals surface area contributed by atoms with Crippen molar-refractivity contribution >= 4 is 33.1 Å². The number of anilines is 1. The summed E-state index contributed by atoms with van der Waals surface area (Å²) in [6.45, 7) is 4.85. The van der Waals surface area contributed by atoms with Gasteiger partial charge in [-0.25, -0.2) is 22.9 Å². The number of fused-ring (bicyclic) bond motifs is 1. The van der Waals surface area contributed by atoms with E-state index in [0.717, 1.165) is 12.2 Å². The topological polar surface area (TPSA) is 127 Å². The molecule has 3 heterocycles. The molecular weight excluding hydrogens is 368 g/mol. The Hall–Kier alpha value is -1.49. The van der Waals surface area contributed by atoms with Crippen molar-refractivity contribution in [2.45, 2.75) is 38.7 Å². The van der Waals surface area contributed by atoms with Gasteiger partial charge in [0.15, 0.2) is 5.15 Å². The average Bonchev–Trinajstić information content (AvgIpc) is 2.84. The van der Waals surface area contributed by atoms with Crippen molar-refractivity contribution in [2.24, 2.45) is 0 Å². The van der Waals surface area contributed by atoms with Crippen LogP contribution in [0.15, 0.2) is 6.20 Å². The molecule has 0 bridgehead atoms. The number of piperidine rings is 1. The number of rotatable bonds is 2. The summed E-state index contributed by atoms with van der Waals surface area (Å²) in [7, 11) is -3.09. The van der Waals surface area contributed by atoms with Crippen LogP contribution in [-0.4, -0.2) is 62.9 Å². The molecule has 3 rings (SSSR count). The zero-order valence-electron chi connectivity index (χ0n) is 14.4. The summed E-state index contributed by atoms with van der Waals surface area (Å²) in [5.41, 5.74) is 6.17. The maximum absolute atomic E-state index is 10.9. The van der Waals surface area contributed by atoms with Crippen LogP contribution in [0.25, 0.3) is 5.52 Å². The standard InChI is InChI=1S/C8H10ClN5.C6H13NO3S/c1-4(2)7-12-6(9)5-3-11-8(10)13-14(5)7;1-11(9,10)7-4-2-3-6(8)5-7/h3-4H,1-2H3,(H2,10,13);6,8H,2-5H2,1H3. The minimum Gasteiger partial charge on any atom is -0.392 e. The van der Waals surface area contributed by atoms with E-state index in [4.69, 9.17) is 22.4 Å². The number of aliphatic hydroxyl groups excluding tert-OH is 1. The fraction of sp³-hybridized carbons (Fsp3) is 0.643. The molecule has 0 aromatic carbocycles. The molecule has 1 aliphatic rings. The van der Waals surface area contributed by atoms with Crippen molar-refractivity contribution in [3.8, 4) is 0 Å². The van der Waals surface area contributed by atoms with E-state index in [1.165, 1.54) is 10.6 Å². The molecule has 0 radical (unpaired) electrons. The van der Waals surface area contributed by atoms with E-state index in [2.05, 4.69) is 15.1 Å². The Balaban J connectivity index is 0.000000186. The fourth-order valence-corrected chi connectivity index (χ4v) is 3.60. The van der Waals surface area contributed by atoms with Crippen molar-refractivity contribution in [3.63, 3.8) is 0 Å². The van der Waals surface area contributed by atoms with Crippen molar-refractivity contribution in [3.05, 3.63) is 17.2 Å². The molecule has 9 nitrogen and oxygen atoms in total. The number of aliphatic hydroxyl groups is 1. The van der Waals surface area contributed by atoms with Crippen LogP contribution < -0.4 is 5.73 Å². The second-order valence-corrected chi connectivity index (χ2v) is 8.59. The Bertz CT molecular complexity index is 838. The first kappa shape index (κ1) is 19.8. The van der Waals surface area contributed by atoms with E-state index in [1.54, 1.807) is 10.7 Å². The van der Waals surface area contributed by atoms with Gasteiger partial charge >= 0.3 is 0 Å². The minimum absolute atomic E-state index is 0.216. The van der Waals surface area contributed by atoms with Crippen molar-refractivity contribution in [1.29, 1.82) is 0 Å². The van der Waals surface area contributed by atoms with Crippen LogP contribution >= 0.6 is 11.6 Å². The molecule has 25 heavy (non-hydrogen) atoms. The van der Waals surface area contributed by atoms with Crippen LogP contribution in [0, 0.1) is 0 Å². The Morgan fingerprint density at radius 3 is 2.64 bits per heavy atom. The minimum atomic E-state index is -3.09. The molecule has 2 aromatic heterocycles. The van der Waals surface area contributed by atoms with E-state index in [1.807, 2.05) is 13.8 Å². The summed E-state index contributed by atoms with van der Waals surface area (Å²) in [5.74, 6) is 1.25. The summed E-state index contributed by atoms with van der Waals surface area (Å²) < 4.78 is 24.8. The highest BCUT2D eigenvalue weighted by atomic mass is 35.5. The Labute approximate surface area is 151 Å². The zero-order chi connectivity index (χ0) is 18.8. The van der Waals surface area contributed by atoms with Gasteiger partial charge in [-0.3, -0.25) is 0 Å². The molecule has 0 aliphatic carbocycles. The highest BCUT2D eigenvalue weighted by molar-refractivity contribution is 7.88. The first-order valence-electron chi connectivity index (χ1n) is 7.89. The SMILES string of the molecule is CC(C)c1nc(Cl)c2cnc(N)nn12.CS(=O)(=O)N1CCCC(O)C1. The maximum Gasteiger partial charge on any atom is 0.238 e. The number of imidazole rings is 1. The van der Waals surface area contributed by atoms with Gasteiger partial charge in [-0.15, -0.1) is 5.10 Å². The van der Waals surface area contributed by atoms with Crippen LogP contribution in [-0.2, 0) is 10.0 Å². The molecule has 1 unspecified atom stereocenters. The van der Waals surface area contributed by atoms with Crippen LogP contribution in [0.5, 0.6) is 0 Å². The number of aromatic nitrogens is 4. The van der Waals surface area contributed by atoms with Gasteiger partial charge < -0.3 is 10.8 Å². The van der Waals surface area contributed by atoms with Gasteiger partial charge in [0, 0.05) is 19.0 Å². The monoisotopic (exact) mass is 390 g/mol. The number of nitrogen functional groups attached to an aromatic ring is 1. The molecule has 11 heteroatoms. The lowest BCUT2D eigenvalue weighted by Crippen LogP contribution is -2.41. The average molecular weight is 391 g/mol. The van der Waals surface area contributed by atoms with Crippen LogP contribution in [0.1, 0.15) is 38.4 Å². The third-order valence-corrected chi connectivity index (χ3v) is 5.28. The van der Waals surface area contributed by atoms with Gasteiger partial charge in [-0.1, -0.05) is 25.4 Å². The molecule has 3 N–H and O–H groups in total. The van der Waals surface area contributed by atoms with Gasteiger partial charge in [0.2, 0.25) is 16.0 Å². The molecular formula is C14H23ClN6O3S. The zero-order valence-corrected chi connectivity index (χ0v) is 16.0. The summed E-state index contributed by atoms with van der Waals surface area (Å²) in [5, 5.41) is 13.6. The smallest absolute Gasteiger partial charge is 0.238 e. The highest BCUT2D eigenvalue weighted by Crippen LogP contribution is 2.21. The third kappa shape index (κ3) is 5.00. The lowest BCUT2D eigenvalue weighted by atomic mass is 10.1. The predicted molar refractivity (Wildman–Crippen MR) is 96.0 cm³/mol. The number of nitrogens with zero attached hydrogens (tertiary/aromatic N) is 5. The quantitative estimate of drug-likeness (QED) is 0.779. The normalized spacial score (nSPS) is 19.0. The third-order valence-electron chi connectivity index (χ3n) is 3.74. The second-order valence-electron chi connectivity index (χ2n) is 6.25. The second kappa shape index (κ2) is 7.81. The lowest BCUT2D eigenvalue weighted by molar-refractivity contribution is 0.108. The number of nitrogens with two attached hydrogens (primary N) is 1. The number of hydrogen-bond donors (Lipinski definition) is 2. The number of halogens is 1.